The molecule has 13 nitrogen and oxygen atoms in total. The van der Waals surface area contributed by atoms with Crippen molar-refractivity contribution in [1.82, 2.24) is 10.2 Å². The van der Waals surface area contributed by atoms with Gasteiger partial charge in [-0.1, -0.05) is 17.7 Å². The monoisotopic (exact) mass is 622 g/mol. The van der Waals surface area contributed by atoms with Crippen LogP contribution in [0.15, 0.2) is 35.9 Å². The van der Waals surface area contributed by atoms with Gasteiger partial charge in [0.15, 0.2) is 11.4 Å². The molecule has 0 saturated heterocycles. The van der Waals surface area contributed by atoms with Crippen LogP contribution in [0.2, 0.25) is 0 Å². The largest absolute Gasteiger partial charge is 0.507 e. The zero-order valence-corrected chi connectivity index (χ0v) is 25.7. The van der Waals surface area contributed by atoms with Crippen LogP contribution in [0.1, 0.15) is 28.7 Å². The Hall–Kier alpha value is -4.46. The van der Waals surface area contributed by atoms with Crippen LogP contribution in [0.4, 0.5) is 10.5 Å². The molecule has 5 rings (SSSR count). The number of nitrogens with one attached hydrogen (secondary N) is 1. The molecule has 0 radical (unpaired) electrons. The lowest BCUT2D eigenvalue weighted by Gasteiger charge is -2.53. The van der Waals surface area contributed by atoms with Crippen molar-refractivity contribution in [3.8, 4) is 11.5 Å². The van der Waals surface area contributed by atoms with E-state index in [1.807, 2.05) is 6.92 Å². The molecule has 0 bridgehead atoms. The second kappa shape index (κ2) is 11.5. The number of Topliss-reactive ketones (excluding diaryl/α,β-unsaturated/α-hetero) is 2. The van der Waals surface area contributed by atoms with Gasteiger partial charge in [0.25, 0.3) is 0 Å². The number of benzene rings is 2. The minimum Gasteiger partial charge on any atom is -0.507 e. The van der Waals surface area contributed by atoms with E-state index in [9.17, 15) is 39.6 Å². The fourth-order valence-electron chi connectivity index (χ4n) is 7.16. The van der Waals surface area contributed by atoms with Gasteiger partial charge < -0.3 is 46.0 Å². The van der Waals surface area contributed by atoms with E-state index in [1.165, 1.54) is 0 Å². The number of hydrogen-bond donors (Lipinski definition) is 6. The van der Waals surface area contributed by atoms with Crippen molar-refractivity contribution in [3.05, 3.63) is 58.2 Å². The van der Waals surface area contributed by atoms with E-state index >= 15 is 0 Å². The SMILES string of the molecule is Cc1ccc(OC(=O)NCc2cc(N(C)C)c3c(c2O)C(O)=C2C(=O)[C@]4(O)C(=O)C(C(N)=O)C(O)[C@@H](N(C)C)[C@@H]4C[C@@H]2C3)cc1. The van der Waals surface area contributed by atoms with Crippen LogP contribution >= 0.6 is 0 Å². The van der Waals surface area contributed by atoms with Gasteiger partial charge in [-0.2, -0.15) is 0 Å². The number of nitrogens with zero attached hydrogens (tertiary/aromatic N) is 2. The Balaban J connectivity index is 1.55. The number of aryl methyl sites for hydroxylation is 1. The molecule has 7 N–H and O–H groups in total. The second-order valence-corrected chi connectivity index (χ2v) is 12.5. The number of aromatic hydroxyl groups is 1. The molecule has 0 heterocycles. The molecular weight excluding hydrogens is 584 g/mol. The highest BCUT2D eigenvalue weighted by Gasteiger charge is 2.67. The van der Waals surface area contributed by atoms with E-state index in [2.05, 4.69) is 5.32 Å². The molecule has 2 aromatic carbocycles. The molecule has 2 aromatic rings. The topological polar surface area (TPSA) is 203 Å². The molecule has 240 valence electrons. The number of anilines is 1. The summed E-state index contributed by atoms with van der Waals surface area (Å²) >= 11 is 0. The summed E-state index contributed by atoms with van der Waals surface area (Å²) in [4.78, 5) is 55.7. The minimum absolute atomic E-state index is 0.0139. The Morgan fingerprint density at radius 1 is 1.11 bits per heavy atom. The number of primary amides is 1. The van der Waals surface area contributed by atoms with Crippen LogP contribution in [-0.2, 0) is 27.3 Å². The number of carbonyl (C=O) groups excluding carboxylic acids is 4. The lowest BCUT2D eigenvalue weighted by Crippen LogP contribution is -2.73. The Labute approximate surface area is 259 Å². The molecule has 0 aliphatic heterocycles. The molecule has 3 aliphatic carbocycles. The predicted molar refractivity (Wildman–Crippen MR) is 162 cm³/mol. The van der Waals surface area contributed by atoms with Crippen molar-refractivity contribution in [2.75, 3.05) is 33.1 Å². The van der Waals surface area contributed by atoms with Crippen LogP contribution in [-0.4, -0.2) is 94.8 Å². The summed E-state index contributed by atoms with van der Waals surface area (Å²) in [7, 11) is 6.72. The molecule has 45 heavy (non-hydrogen) atoms. The number of amides is 2. The molecule has 13 heteroatoms. The van der Waals surface area contributed by atoms with Crippen LogP contribution in [0.5, 0.6) is 11.5 Å². The number of phenols is 1. The Morgan fingerprint density at radius 3 is 2.33 bits per heavy atom. The number of phenolic OH excluding ortho intramolecular Hbond substituents is 1. The normalized spacial score (nSPS) is 27.4. The van der Waals surface area contributed by atoms with Gasteiger partial charge in [-0.05, 0) is 63.5 Å². The summed E-state index contributed by atoms with van der Waals surface area (Å²) in [6, 6.07) is 7.53. The zero-order valence-electron chi connectivity index (χ0n) is 25.7. The molecule has 2 unspecified atom stereocenters. The number of nitrogens with two attached hydrogens (primary N) is 1. The van der Waals surface area contributed by atoms with Crippen LogP contribution in [0.25, 0.3) is 5.76 Å². The van der Waals surface area contributed by atoms with Gasteiger partial charge in [0.1, 0.15) is 23.2 Å². The van der Waals surface area contributed by atoms with Crippen molar-refractivity contribution in [2.24, 2.45) is 23.5 Å². The highest BCUT2D eigenvalue weighted by Crippen LogP contribution is 2.53. The summed E-state index contributed by atoms with van der Waals surface area (Å²) in [5.41, 5.74) is 4.70. The first-order chi connectivity index (χ1) is 21.1. The average molecular weight is 623 g/mol. The summed E-state index contributed by atoms with van der Waals surface area (Å²) in [5.74, 6) is -7.83. The fourth-order valence-corrected chi connectivity index (χ4v) is 7.16. The third-order valence-electron chi connectivity index (χ3n) is 9.28. The number of hydrogen-bond acceptors (Lipinski definition) is 11. The van der Waals surface area contributed by atoms with Crippen LogP contribution in [0, 0.1) is 24.7 Å². The second-order valence-electron chi connectivity index (χ2n) is 12.5. The molecule has 0 aromatic heterocycles. The van der Waals surface area contributed by atoms with E-state index in [0.29, 0.717) is 17.0 Å². The fraction of sp³-hybridized carbons (Fsp3) is 0.438. The van der Waals surface area contributed by atoms with Gasteiger partial charge in [0.05, 0.1) is 11.7 Å². The Bertz CT molecular complexity index is 1620. The number of ether oxygens (including phenoxy) is 1. The summed E-state index contributed by atoms with van der Waals surface area (Å²) in [6.45, 7) is 1.70. The predicted octanol–water partition coefficient (Wildman–Crippen LogP) is 0.792. The molecular formula is C32H38N4O9. The number of rotatable bonds is 6. The molecule has 0 spiro atoms. The first kappa shape index (κ1) is 31.9. The number of ketones is 2. The number of likely N-dealkylation sites (N-methyl/N-ethyl adjacent to an activating group) is 1. The maximum Gasteiger partial charge on any atom is 0.412 e. The maximum absolute atomic E-state index is 14.1. The summed E-state index contributed by atoms with van der Waals surface area (Å²) in [6.07, 6.45) is -2.17. The smallest absolute Gasteiger partial charge is 0.412 e. The number of aliphatic hydroxyl groups excluding tert-OH is 2. The highest BCUT2D eigenvalue weighted by molar-refractivity contribution is 6.25. The molecule has 2 amide bonds. The van der Waals surface area contributed by atoms with Gasteiger partial charge in [-0.3, -0.25) is 14.4 Å². The van der Waals surface area contributed by atoms with Crippen LogP contribution in [0.3, 0.4) is 0 Å². The molecule has 2 fully saturated rings. The van der Waals surface area contributed by atoms with Gasteiger partial charge in [-0.15, -0.1) is 0 Å². The van der Waals surface area contributed by atoms with Gasteiger partial charge >= 0.3 is 6.09 Å². The average Bonchev–Trinajstić information content (AvgIpc) is 2.95. The lowest BCUT2D eigenvalue weighted by molar-refractivity contribution is -0.184. The number of fused-ring (bicyclic) bond motifs is 3. The minimum atomic E-state index is -2.75. The van der Waals surface area contributed by atoms with Crippen molar-refractivity contribution >= 4 is 35.0 Å². The third-order valence-corrected chi connectivity index (χ3v) is 9.28. The Kier molecular flexibility index (Phi) is 8.15. The van der Waals surface area contributed by atoms with Gasteiger partial charge in [-0.25, -0.2) is 4.79 Å². The van der Waals surface area contributed by atoms with Gasteiger partial charge in [0.2, 0.25) is 11.7 Å². The maximum atomic E-state index is 14.1. The van der Waals surface area contributed by atoms with Crippen molar-refractivity contribution in [1.29, 1.82) is 0 Å². The van der Waals surface area contributed by atoms with Gasteiger partial charge in [0, 0.05) is 49.4 Å². The Morgan fingerprint density at radius 2 is 1.76 bits per heavy atom. The van der Waals surface area contributed by atoms with E-state index in [4.69, 9.17) is 10.5 Å². The van der Waals surface area contributed by atoms with Crippen LogP contribution < -0.4 is 20.7 Å². The number of aliphatic hydroxyl groups is 3. The highest BCUT2D eigenvalue weighted by atomic mass is 16.6. The first-order valence-electron chi connectivity index (χ1n) is 14.6. The van der Waals surface area contributed by atoms with E-state index in [1.54, 1.807) is 68.3 Å². The lowest BCUT2D eigenvalue weighted by atomic mass is 9.54. The van der Waals surface area contributed by atoms with E-state index < -0.39 is 70.6 Å². The third kappa shape index (κ3) is 5.10. The van der Waals surface area contributed by atoms with Crippen molar-refractivity contribution in [3.63, 3.8) is 0 Å². The van der Waals surface area contributed by atoms with Crippen molar-refractivity contribution in [2.45, 2.75) is 44.1 Å². The molecule has 2 saturated carbocycles. The zero-order chi connectivity index (χ0) is 33.1. The van der Waals surface area contributed by atoms with E-state index in [0.717, 1.165) is 5.56 Å². The summed E-state index contributed by atoms with van der Waals surface area (Å²) < 4.78 is 5.30. The quantitative estimate of drug-likeness (QED) is 0.249. The van der Waals surface area contributed by atoms with Crippen molar-refractivity contribution < 1.29 is 44.3 Å². The molecule has 6 atom stereocenters. The molecule has 3 aliphatic rings. The van der Waals surface area contributed by atoms with E-state index in [-0.39, 0.29) is 36.1 Å². The summed E-state index contributed by atoms with van der Waals surface area (Å²) in [5, 5.41) is 48.4. The number of carbonyl (C=O) groups is 4. The standard InChI is InChI=1S/C32H38N4O9/c1-14-6-8-17(9-7-14)45-31(43)34-13-16-12-20(35(2)3)18-10-15-11-19-24(36(4)5)27(39)23(30(33)42)29(41)32(19,44)28(40)21(15)26(38)22(18)25(16)37/h6-9,12,15,19,23-24,27,37-39,44H,10-11,13H2,1-5H3,(H2,33,42)(H,34,43)/t15-,19-,23?,24-,27?,32-/m0/s1. The first-order valence-corrected chi connectivity index (χ1v) is 14.6.